The summed E-state index contributed by atoms with van der Waals surface area (Å²) < 4.78 is 7.44. The second-order valence-electron chi connectivity index (χ2n) is 5.89. The highest BCUT2D eigenvalue weighted by molar-refractivity contribution is 7.99. The maximum absolute atomic E-state index is 12.2. The Morgan fingerprint density at radius 1 is 1.11 bits per heavy atom. The number of ether oxygens (including phenoxy) is 1. The van der Waals surface area contributed by atoms with Crippen molar-refractivity contribution < 1.29 is 9.53 Å². The zero-order chi connectivity index (χ0) is 19.1. The molecule has 0 aliphatic heterocycles. The van der Waals surface area contributed by atoms with Crippen LogP contribution in [0.25, 0.3) is 5.69 Å². The van der Waals surface area contributed by atoms with Crippen LogP contribution in [-0.4, -0.2) is 27.8 Å². The Hall–Kier alpha value is -2.73. The van der Waals surface area contributed by atoms with E-state index in [1.54, 1.807) is 6.20 Å². The first-order valence-corrected chi connectivity index (χ1v) is 9.96. The van der Waals surface area contributed by atoms with Gasteiger partial charge in [-0.1, -0.05) is 30.8 Å². The zero-order valence-corrected chi connectivity index (χ0v) is 16.3. The van der Waals surface area contributed by atoms with Gasteiger partial charge in [0.2, 0.25) is 5.91 Å². The molecule has 1 aromatic heterocycles. The van der Waals surface area contributed by atoms with Crippen molar-refractivity contribution in [1.82, 2.24) is 9.55 Å². The van der Waals surface area contributed by atoms with Crippen molar-refractivity contribution in [2.45, 2.75) is 25.4 Å². The third-order valence-electron chi connectivity index (χ3n) is 4.01. The van der Waals surface area contributed by atoms with Crippen LogP contribution in [0.1, 0.15) is 19.4 Å². The molecule has 1 amide bonds. The van der Waals surface area contributed by atoms with Gasteiger partial charge in [0.25, 0.3) is 0 Å². The van der Waals surface area contributed by atoms with E-state index in [-0.39, 0.29) is 5.91 Å². The zero-order valence-electron chi connectivity index (χ0n) is 15.5. The minimum absolute atomic E-state index is 0.0505. The first kappa shape index (κ1) is 19.0. The summed E-state index contributed by atoms with van der Waals surface area (Å²) in [5.41, 5.74) is 3.04. The third kappa shape index (κ3) is 5.14. The molecule has 0 fully saturated rings. The summed E-state index contributed by atoms with van der Waals surface area (Å²) in [4.78, 5) is 16.6. The van der Waals surface area contributed by atoms with Crippen LogP contribution in [0.5, 0.6) is 5.75 Å². The fourth-order valence-corrected chi connectivity index (χ4v) is 3.39. The molecule has 0 bridgehead atoms. The first-order chi connectivity index (χ1) is 13.2. The molecule has 0 saturated heterocycles. The number of nitrogens with zero attached hydrogens (tertiary/aromatic N) is 2. The van der Waals surface area contributed by atoms with E-state index < -0.39 is 0 Å². The standard InChI is InChI=1S/C21H23N3O2S/c1-3-16-5-7-17(8-6-16)23-20(25)15-27-21-22-13-14-24(21)18-9-11-19(12-10-18)26-4-2/h5-14H,3-4,15H2,1-2H3,(H,23,25). The smallest absolute Gasteiger partial charge is 0.234 e. The maximum atomic E-state index is 12.2. The van der Waals surface area contributed by atoms with Crippen LogP contribution in [-0.2, 0) is 11.2 Å². The van der Waals surface area contributed by atoms with Crippen LogP contribution >= 0.6 is 11.8 Å². The number of rotatable bonds is 8. The Morgan fingerprint density at radius 2 is 1.85 bits per heavy atom. The summed E-state index contributed by atoms with van der Waals surface area (Å²) in [6, 6.07) is 15.7. The predicted octanol–water partition coefficient (Wildman–Crippen LogP) is 4.56. The van der Waals surface area contributed by atoms with Crippen LogP contribution in [0.4, 0.5) is 5.69 Å². The quantitative estimate of drug-likeness (QED) is 0.581. The average Bonchev–Trinajstić information content (AvgIpc) is 3.16. The Labute approximate surface area is 163 Å². The fraction of sp³-hybridized carbons (Fsp3) is 0.238. The Kier molecular flexibility index (Phi) is 6.54. The molecule has 5 nitrogen and oxygen atoms in total. The van der Waals surface area contributed by atoms with E-state index >= 15 is 0 Å². The molecule has 0 unspecified atom stereocenters. The summed E-state index contributed by atoms with van der Waals surface area (Å²) in [6.07, 6.45) is 4.61. The van der Waals surface area contributed by atoms with Gasteiger partial charge in [-0.25, -0.2) is 4.98 Å². The molecule has 0 saturated carbocycles. The highest BCUT2D eigenvalue weighted by Crippen LogP contribution is 2.22. The molecular formula is C21H23N3O2S. The minimum atomic E-state index is -0.0505. The number of thioether (sulfide) groups is 1. The monoisotopic (exact) mass is 381 g/mol. The van der Waals surface area contributed by atoms with Crippen molar-refractivity contribution in [2.24, 2.45) is 0 Å². The van der Waals surface area contributed by atoms with E-state index in [0.29, 0.717) is 12.4 Å². The summed E-state index contributed by atoms with van der Waals surface area (Å²) in [7, 11) is 0. The normalized spacial score (nSPS) is 10.6. The van der Waals surface area contributed by atoms with E-state index in [1.165, 1.54) is 17.3 Å². The molecule has 140 valence electrons. The number of aromatic nitrogens is 2. The highest BCUT2D eigenvalue weighted by Gasteiger charge is 2.10. The summed E-state index contributed by atoms with van der Waals surface area (Å²) >= 11 is 1.41. The summed E-state index contributed by atoms with van der Waals surface area (Å²) in [5, 5.41) is 3.70. The highest BCUT2D eigenvalue weighted by atomic mass is 32.2. The number of anilines is 1. The number of imidazole rings is 1. The van der Waals surface area contributed by atoms with E-state index in [1.807, 2.05) is 66.2 Å². The van der Waals surface area contributed by atoms with E-state index in [2.05, 4.69) is 17.2 Å². The van der Waals surface area contributed by atoms with Crippen LogP contribution < -0.4 is 10.1 Å². The number of benzene rings is 2. The molecule has 0 spiro atoms. The van der Waals surface area contributed by atoms with E-state index in [0.717, 1.165) is 28.7 Å². The lowest BCUT2D eigenvalue weighted by Crippen LogP contribution is -2.14. The molecular weight excluding hydrogens is 358 g/mol. The van der Waals surface area contributed by atoms with Gasteiger partial charge in [-0.15, -0.1) is 0 Å². The van der Waals surface area contributed by atoms with Crippen molar-refractivity contribution in [3.63, 3.8) is 0 Å². The van der Waals surface area contributed by atoms with Crippen LogP contribution in [0.2, 0.25) is 0 Å². The fourth-order valence-electron chi connectivity index (χ4n) is 2.61. The average molecular weight is 382 g/mol. The van der Waals surface area contributed by atoms with Gasteiger partial charge in [0.1, 0.15) is 5.75 Å². The van der Waals surface area contributed by atoms with Gasteiger partial charge >= 0.3 is 0 Å². The second-order valence-corrected chi connectivity index (χ2v) is 6.84. The maximum Gasteiger partial charge on any atom is 0.234 e. The van der Waals surface area contributed by atoms with E-state index in [4.69, 9.17) is 4.74 Å². The Morgan fingerprint density at radius 3 is 2.52 bits per heavy atom. The second kappa shape index (κ2) is 9.28. The van der Waals surface area contributed by atoms with Gasteiger partial charge in [-0.3, -0.25) is 9.36 Å². The molecule has 6 heteroatoms. The molecule has 1 heterocycles. The van der Waals surface area contributed by atoms with Crippen molar-refractivity contribution in [2.75, 3.05) is 17.7 Å². The lowest BCUT2D eigenvalue weighted by Gasteiger charge is -2.09. The van der Waals surface area contributed by atoms with Crippen LogP contribution in [0.3, 0.4) is 0 Å². The van der Waals surface area contributed by atoms with Gasteiger partial charge in [-0.2, -0.15) is 0 Å². The first-order valence-electron chi connectivity index (χ1n) is 8.97. The number of hydrogen-bond acceptors (Lipinski definition) is 4. The molecule has 27 heavy (non-hydrogen) atoms. The number of carbonyl (C=O) groups excluding carboxylic acids is 1. The largest absolute Gasteiger partial charge is 0.494 e. The minimum Gasteiger partial charge on any atom is -0.494 e. The molecule has 0 radical (unpaired) electrons. The van der Waals surface area contributed by atoms with Crippen molar-refractivity contribution in [3.05, 3.63) is 66.5 Å². The van der Waals surface area contributed by atoms with Gasteiger partial charge in [-0.05, 0) is 55.3 Å². The number of carbonyl (C=O) groups is 1. The van der Waals surface area contributed by atoms with Crippen LogP contribution in [0.15, 0.2) is 66.1 Å². The molecule has 2 aromatic carbocycles. The third-order valence-corrected chi connectivity index (χ3v) is 4.98. The number of nitrogens with one attached hydrogen (secondary N) is 1. The van der Waals surface area contributed by atoms with Crippen molar-refractivity contribution >= 4 is 23.4 Å². The van der Waals surface area contributed by atoms with Gasteiger partial charge in [0.15, 0.2) is 5.16 Å². The SMILES string of the molecule is CCOc1ccc(-n2ccnc2SCC(=O)Nc2ccc(CC)cc2)cc1. The van der Waals surface area contributed by atoms with Gasteiger partial charge in [0, 0.05) is 23.8 Å². The number of aryl methyl sites for hydroxylation is 1. The van der Waals surface area contributed by atoms with E-state index in [9.17, 15) is 4.79 Å². The van der Waals surface area contributed by atoms with Crippen molar-refractivity contribution in [3.8, 4) is 11.4 Å². The van der Waals surface area contributed by atoms with Crippen molar-refractivity contribution in [1.29, 1.82) is 0 Å². The summed E-state index contributed by atoms with van der Waals surface area (Å²) in [5.74, 6) is 1.08. The molecule has 0 atom stereocenters. The lowest BCUT2D eigenvalue weighted by atomic mass is 10.1. The van der Waals surface area contributed by atoms with Crippen LogP contribution in [0, 0.1) is 0 Å². The van der Waals surface area contributed by atoms with Gasteiger partial charge in [0.05, 0.1) is 12.4 Å². The molecule has 3 aromatic rings. The number of hydrogen-bond donors (Lipinski definition) is 1. The topological polar surface area (TPSA) is 56.2 Å². The van der Waals surface area contributed by atoms with Gasteiger partial charge < -0.3 is 10.1 Å². The molecule has 3 rings (SSSR count). The summed E-state index contributed by atoms with van der Waals surface area (Å²) in [6.45, 7) is 4.71. The molecule has 0 aliphatic carbocycles. The lowest BCUT2D eigenvalue weighted by molar-refractivity contribution is -0.113. The Balaban J connectivity index is 1.59. The number of amides is 1. The molecule has 0 aliphatic rings. The predicted molar refractivity (Wildman–Crippen MR) is 110 cm³/mol. The molecule has 1 N–H and O–H groups in total. The Bertz CT molecular complexity index is 873.